The molecule has 0 saturated heterocycles. The fraction of sp³-hybridized carbons (Fsp3) is 0.269. The van der Waals surface area contributed by atoms with Crippen LogP contribution >= 0.6 is 0 Å². The molecule has 3 aromatic rings. The highest BCUT2D eigenvalue weighted by molar-refractivity contribution is 5.95. The monoisotopic (exact) mass is 367 g/mol. The summed E-state index contributed by atoms with van der Waals surface area (Å²) >= 11 is 0. The molecule has 0 saturated carbocycles. The van der Waals surface area contributed by atoms with Gasteiger partial charge >= 0.3 is 0 Å². The molecule has 28 heavy (non-hydrogen) atoms. The van der Waals surface area contributed by atoms with E-state index in [2.05, 4.69) is 80.7 Å². The second-order valence-corrected chi connectivity index (χ2v) is 8.33. The van der Waals surface area contributed by atoms with Gasteiger partial charge in [0.15, 0.2) is 0 Å². The Bertz CT molecular complexity index is 1040. The number of anilines is 1. The van der Waals surface area contributed by atoms with Gasteiger partial charge < -0.3 is 5.32 Å². The van der Waals surface area contributed by atoms with Crippen LogP contribution in [0.15, 0.2) is 66.7 Å². The highest BCUT2D eigenvalue weighted by Crippen LogP contribution is 2.58. The molecular weight excluding hydrogens is 342 g/mol. The van der Waals surface area contributed by atoms with Crippen molar-refractivity contribution < 1.29 is 4.79 Å². The highest BCUT2D eigenvalue weighted by atomic mass is 16.1. The molecular formula is C26H25NO. The molecule has 3 aliphatic carbocycles. The molecule has 2 atom stereocenters. The zero-order chi connectivity index (χ0) is 19.4. The zero-order valence-electron chi connectivity index (χ0n) is 16.6. The molecule has 1 N–H and O–H groups in total. The molecule has 0 heterocycles. The molecule has 3 aromatic carbocycles. The molecule has 0 aromatic heterocycles. The van der Waals surface area contributed by atoms with Crippen LogP contribution in [0.2, 0.25) is 0 Å². The number of hydrogen-bond acceptors (Lipinski definition) is 1. The lowest BCUT2D eigenvalue weighted by Gasteiger charge is -2.49. The van der Waals surface area contributed by atoms with Crippen molar-refractivity contribution in [2.24, 2.45) is 11.8 Å². The van der Waals surface area contributed by atoms with Gasteiger partial charge in [-0.3, -0.25) is 4.79 Å². The number of benzene rings is 3. The lowest BCUT2D eigenvalue weighted by Crippen LogP contribution is -2.44. The number of fused-ring (bicyclic) bond motifs is 1. The SMILES string of the molecule is Cc1cccc(NC(=O)C2C3c4ccccc4C(c4ccccc43)C2C)c1C. The van der Waals surface area contributed by atoms with Gasteiger partial charge in [0, 0.05) is 17.5 Å². The Kier molecular flexibility index (Phi) is 3.90. The van der Waals surface area contributed by atoms with Gasteiger partial charge in [-0.05, 0) is 59.2 Å². The Labute approximate surface area is 166 Å². The van der Waals surface area contributed by atoms with E-state index >= 15 is 0 Å². The summed E-state index contributed by atoms with van der Waals surface area (Å²) in [6.07, 6.45) is 0. The van der Waals surface area contributed by atoms with Crippen LogP contribution in [0, 0.1) is 25.7 Å². The van der Waals surface area contributed by atoms with Gasteiger partial charge in [0.05, 0.1) is 5.92 Å². The summed E-state index contributed by atoms with van der Waals surface area (Å²) in [5, 5.41) is 3.26. The number of nitrogens with one attached hydrogen (secondary N) is 1. The Morgan fingerprint density at radius 1 is 0.750 bits per heavy atom. The van der Waals surface area contributed by atoms with Gasteiger partial charge in [-0.15, -0.1) is 0 Å². The third kappa shape index (κ3) is 2.37. The molecule has 0 fully saturated rings. The summed E-state index contributed by atoms with van der Waals surface area (Å²) in [5.41, 5.74) is 8.72. The summed E-state index contributed by atoms with van der Waals surface area (Å²) < 4.78 is 0. The van der Waals surface area contributed by atoms with Crippen molar-refractivity contribution in [1.29, 1.82) is 0 Å². The molecule has 0 spiro atoms. The van der Waals surface area contributed by atoms with Crippen LogP contribution in [0.25, 0.3) is 0 Å². The van der Waals surface area contributed by atoms with Gasteiger partial charge in [0.2, 0.25) is 5.91 Å². The first-order chi connectivity index (χ1) is 13.6. The molecule has 2 bridgehead atoms. The lowest BCUT2D eigenvalue weighted by molar-refractivity contribution is -0.122. The van der Waals surface area contributed by atoms with Crippen molar-refractivity contribution in [2.45, 2.75) is 32.6 Å². The van der Waals surface area contributed by atoms with Crippen molar-refractivity contribution in [3.05, 3.63) is 100 Å². The molecule has 0 aliphatic heterocycles. The molecule has 2 heteroatoms. The number of amides is 1. The minimum atomic E-state index is -0.0605. The van der Waals surface area contributed by atoms with Crippen molar-refractivity contribution in [3.8, 4) is 0 Å². The van der Waals surface area contributed by atoms with Gasteiger partial charge in [-0.25, -0.2) is 0 Å². The summed E-state index contributed by atoms with van der Waals surface area (Å²) in [6.45, 7) is 6.41. The molecule has 2 nitrogen and oxygen atoms in total. The van der Waals surface area contributed by atoms with Crippen LogP contribution in [0.4, 0.5) is 5.69 Å². The summed E-state index contributed by atoms with van der Waals surface area (Å²) in [6, 6.07) is 23.5. The van der Waals surface area contributed by atoms with Gasteiger partial charge in [0.25, 0.3) is 0 Å². The van der Waals surface area contributed by atoms with E-state index in [1.165, 1.54) is 27.8 Å². The average molecular weight is 367 g/mol. The topological polar surface area (TPSA) is 29.1 Å². The van der Waals surface area contributed by atoms with E-state index in [9.17, 15) is 4.79 Å². The van der Waals surface area contributed by atoms with E-state index in [0.29, 0.717) is 0 Å². The first-order valence-corrected chi connectivity index (χ1v) is 10.1. The second kappa shape index (κ2) is 6.34. The number of hydrogen-bond donors (Lipinski definition) is 1. The summed E-state index contributed by atoms with van der Waals surface area (Å²) in [4.78, 5) is 13.5. The zero-order valence-corrected chi connectivity index (χ0v) is 16.6. The molecule has 0 radical (unpaired) electrons. The average Bonchev–Trinajstić information content (AvgIpc) is 2.71. The van der Waals surface area contributed by atoms with Gasteiger partial charge in [-0.1, -0.05) is 67.6 Å². The molecule has 3 aliphatic rings. The number of rotatable bonds is 2. The predicted octanol–water partition coefficient (Wildman–Crippen LogP) is 5.79. The summed E-state index contributed by atoms with van der Waals surface area (Å²) in [7, 11) is 0. The Morgan fingerprint density at radius 2 is 1.29 bits per heavy atom. The van der Waals surface area contributed by atoms with Crippen LogP contribution in [-0.2, 0) is 4.79 Å². The van der Waals surface area contributed by atoms with Crippen LogP contribution < -0.4 is 5.32 Å². The lowest BCUT2D eigenvalue weighted by atomic mass is 9.54. The first kappa shape index (κ1) is 17.2. The van der Waals surface area contributed by atoms with E-state index in [4.69, 9.17) is 0 Å². The van der Waals surface area contributed by atoms with E-state index in [-0.39, 0.29) is 29.6 Å². The number of carbonyl (C=O) groups excluding carboxylic acids is 1. The normalized spacial score (nSPS) is 24.4. The Balaban J connectivity index is 1.60. The fourth-order valence-corrected chi connectivity index (χ4v) is 5.45. The van der Waals surface area contributed by atoms with Gasteiger partial charge in [-0.2, -0.15) is 0 Å². The predicted molar refractivity (Wildman–Crippen MR) is 114 cm³/mol. The van der Waals surface area contributed by atoms with E-state index in [1.807, 2.05) is 12.1 Å². The highest BCUT2D eigenvalue weighted by Gasteiger charge is 2.50. The van der Waals surface area contributed by atoms with E-state index in [1.54, 1.807) is 0 Å². The minimum absolute atomic E-state index is 0.0605. The second-order valence-electron chi connectivity index (χ2n) is 8.33. The minimum Gasteiger partial charge on any atom is -0.326 e. The van der Waals surface area contributed by atoms with Crippen molar-refractivity contribution >= 4 is 11.6 Å². The standard InChI is InChI=1S/C26H25NO/c1-15-9-8-14-22(16(15)2)27-26(28)24-17(3)23-18-10-4-6-12-20(18)25(24)21-13-7-5-11-19(21)23/h4-14,17,23-25H,1-3H3,(H,27,28). The van der Waals surface area contributed by atoms with Gasteiger partial charge in [0.1, 0.15) is 0 Å². The van der Waals surface area contributed by atoms with Crippen molar-refractivity contribution in [1.82, 2.24) is 0 Å². The fourth-order valence-electron chi connectivity index (χ4n) is 5.45. The number of aryl methyl sites for hydroxylation is 1. The smallest absolute Gasteiger partial charge is 0.228 e. The van der Waals surface area contributed by atoms with Crippen molar-refractivity contribution in [3.63, 3.8) is 0 Å². The van der Waals surface area contributed by atoms with E-state index in [0.717, 1.165) is 11.3 Å². The maximum Gasteiger partial charge on any atom is 0.228 e. The number of carbonyl (C=O) groups is 1. The van der Waals surface area contributed by atoms with E-state index < -0.39 is 0 Å². The van der Waals surface area contributed by atoms with Crippen LogP contribution in [0.3, 0.4) is 0 Å². The quantitative estimate of drug-likeness (QED) is 0.611. The van der Waals surface area contributed by atoms with Crippen LogP contribution in [0.5, 0.6) is 0 Å². The summed E-state index contributed by atoms with van der Waals surface area (Å²) in [5.74, 6) is 0.749. The maximum absolute atomic E-state index is 13.5. The molecule has 6 rings (SSSR count). The Hall–Kier alpha value is -2.87. The van der Waals surface area contributed by atoms with Crippen molar-refractivity contribution in [2.75, 3.05) is 5.32 Å². The first-order valence-electron chi connectivity index (χ1n) is 10.1. The van der Waals surface area contributed by atoms with Crippen LogP contribution in [0.1, 0.15) is 52.1 Å². The molecule has 2 unspecified atom stereocenters. The van der Waals surface area contributed by atoms with Crippen LogP contribution in [-0.4, -0.2) is 5.91 Å². The third-order valence-electron chi connectivity index (χ3n) is 6.95. The Morgan fingerprint density at radius 3 is 1.86 bits per heavy atom. The maximum atomic E-state index is 13.5. The largest absolute Gasteiger partial charge is 0.326 e. The molecule has 140 valence electrons. The third-order valence-corrected chi connectivity index (χ3v) is 6.95. The molecule has 1 amide bonds.